The highest BCUT2D eigenvalue weighted by Crippen LogP contribution is 2.31. The Morgan fingerprint density at radius 2 is 1.85 bits per heavy atom. The van der Waals surface area contributed by atoms with Gasteiger partial charge in [-0.15, -0.1) is 0 Å². The number of aromatic amines is 1. The van der Waals surface area contributed by atoms with Gasteiger partial charge in [0, 0.05) is 6.20 Å². The standard InChI is InChI=1S/C12H8ClF3N2O2/c13-9-6-18(11(20)17-10(9)19)5-7-3-1-2-4-8(7)12(14,15)16/h1-4,6H,5H2,(H,17,19,20). The van der Waals surface area contributed by atoms with Crippen LogP contribution in [0.25, 0.3) is 0 Å². The number of hydrogen-bond acceptors (Lipinski definition) is 2. The minimum Gasteiger partial charge on any atom is -0.295 e. The molecule has 2 aromatic rings. The normalized spacial score (nSPS) is 11.6. The van der Waals surface area contributed by atoms with Crippen LogP contribution >= 0.6 is 11.6 Å². The summed E-state index contributed by atoms with van der Waals surface area (Å²) in [5.41, 5.74) is -2.53. The molecule has 1 heterocycles. The molecular weight excluding hydrogens is 297 g/mol. The Hall–Kier alpha value is -2.02. The van der Waals surface area contributed by atoms with Crippen LogP contribution in [0.5, 0.6) is 0 Å². The van der Waals surface area contributed by atoms with E-state index in [1.165, 1.54) is 18.2 Å². The topological polar surface area (TPSA) is 54.9 Å². The van der Waals surface area contributed by atoms with Crippen LogP contribution in [0.15, 0.2) is 40.1 Å². The van der Waals surface area contributed by atoms with E-state index in [1.54, 1.807) is 0 Å². The first-order valence-electron chi connectivity index (χ1n) is 5.43. The minimum absolute atomic E-state index is 0.0924. The van der Waals surface area contributed by atoms with E-state index in [2.05, 4.69) is 0 Å². The molecule has 106 valence electrons. The van der Waals surface area contributed by atoms with Crippen molar-refractivity contribution >= 4 is 11.6 Å². The second kappa shape index (κ2) is 5.16. The van der Waals surface area contributed by atoms with E-state index in [4.69, 9.17) is 11.6 Å². The lowest BCUT2D eigenvalue weighted by Gasteiger charge is -2.13. The van der Waals surface area contributed by atoms with Gasteiger partial charge in [-0.3, -0.25) is 14.3 Å². The predicted molar refractivity (Wildman–Crippen MR) is 66.9 cm³/mol. The van der Waals surface area contributed by atoms with Gasteiger partial charge in [0.15, 0.2) is 0 Å². The van der Waals surface area contributed by atoms with Gasteiger partial charge < -0.3 is 0 Å². The Labute approximate surface area is 115 Å². The molecule has 0 fully saturated rings. The highest BCUT2D eigenvalue weighted by molar-refractivity contribution is 6.30. The fraction of sp³-hybridized carbons (Fsp3) is 0.167. The van der Waals surface area contributed by atoms with E-state index < -0.39 is 23.0 Å². The summed E-state index contributed by atoms with van der Waals surface area (Å²) >= 11 is 5.56. The number of alkyl halides is 3. The Morgan fingerprint density at radius 1 is 1.20 bits per heavy atom. The first kappa shape index (κ1) is 14.4. The molecule has 1 N–H and O–H groups in total. The number of halogens is 4. The Morgan fingerprint density at radius 3 is 2.50 bits per heavy atom. The molecule has 0 bridgehead atoms. The molecule has 4 nitrogen and oxygen atoms in total. The van der Waals surface area contributed by atoms with Crippen molar-refractivity contribution in [2.24, 2.45) is 0 Å². The van der Waals surface area contributed by atoms with Crippen molar-refractivity contribution in [3.05, 3.63) is 67.4 Å². The lowest BCUT2D eigenvalue weighted by Crippen LogP contribution is -2.30. The third-order valence-electron chi connectivity index (χ3n) is 2.63. The minimum atomic E-state index is -4.52. The van der Waals surface area contributed by atoms with Crippen LogP contribution in [-0.2, 0) is 12.7 Å². The monoisotopic (exact) mass is 304 g/mol. The average Bonchev–Trinajstić information content (AvgIpc) is 2.35. The van der Waals surface area contributed by atoms with Crippen molar-refractivity contribution in [3.63, 3.8) is 0 Å². The summed E-state index contributed by atoms with van der Waals surface area (Å²) in [6, 6.07) is 4.87. The van der Waals surface area contributed by atoms with E-state index in [9.17, 15) is 22.8 Å². The molecular formula is C12H8ClF3N2O2. The lowest BCUT2D eigenvalue weighted by atomic mass is 10.1. The molecule has 0 atom stereocenters. The van der Waals surface area contributed by atoms with Gasteiger partial charge in [0.1, 0.15) is 5.02 Å². The van der Waals surface area contributed by atoms with E-state index in [-0.39, 0.29) is 17.1 Å². The summed E-state index contributed by atoms with van der Waals surface area (Å²) in [5.74, 6) is 0. The number of hydrogen-bond donors (Lipinski definition) is 1. The molecule has 1 aromatic carbocycles. The zero-order valence-electron chi connectivity index (χ0n) is 9.87. The van der Waals surface area contributed by atoms with Crippen molar-refractivity contribution < 1.29 is 13.2 Å². The molecule has 0 saturated heterocycles. The summed E-state index contributed by atoms with van der Waals surface area (Å²) in [6.45, 7) is -0.342. The van der Waals surface area contributed by atoms with Crippen molar-refractivity contribution in [1.82, 2.24) is 9.55 Å². The first-order chi connectivity index (χ1) is 9.29. The van der Waals surface area contributed by atoms with Gasteiger partial charge in [0.25, 0.3) is 5.56 Å². The van der Waals surface area contributed by atoms with Gasteiger partial charge in [-0.05, 0) is 11.6 Å². The zero-order chi connectivity index (χ0) is 14.9. The second-order valence-electron chi connectivity index (χ2n) is 4.02. The van der Waals surface area contributed by atoms with Crippen molar-refractivity contribution in [2.45, 2.75) is 12.7 Å². The molecule has 0 aliphatic rings. The molecule has 0 aliphatic carbocycles. The SMILES string of the molecule is O=c1[nH]c(=O)n(Cc2ccccc2C(F)(F)F)cc1Cl. The predicted octanol–water partition coefficient (Wildman–Crippen LogP) is 2.26. The third kappa shape index (κ3) is 2.93. The molecule has 1 aromatic heterocycles. The van der Waals surface area contributed by atoms with Crippen LogP contribution in [0.1, 0.15) is 11.1 Å². The maximum absolute atomic E-state index is 12.8. The molecule has 2 rings (SSSR count). The molecule has 0 radical (unpaired) electrons. The molecule has 8 heteroatoms. The van der Waals surface area contributed by atoms with Gasteiger partial charge in [0.05, 0.1) is 12.1 Å². The van der Waals surface area contributed by atoms with Gasteiger partial charge >= 0.3 is 11.9 Å². The number of aromatic nitrogens is 2. The van der Waals surface area contributed by atoms with Gasteiger partial charge in [0.2, 0.25) is 0 Å². The van der Waals surface area contributed by atoms with Crippen LogP contribution in [0.3, 0.4) is 0 Å². The van der Waals surface area contributed by atoms with Gasteiger partial charge in [-0.1, -0.05) is 29.8 Å². The van der Waals surface area contributed by atoms with Crippen molar-refractivity contribution in [3.8, 4) is 0 Å². The smallest absolute Gasteiger partial charge is 0.295 e. The van der Waals surface area contributed by atoms with Crippen molar-refractivity contribution in [2.75, 3.05) is 0 Å². The van der Waals surface area contributed by atoms with Gasteiger partial charge in [-0.25, -0.2) is 4.79 Å². The Bertz CT molecular complexity index is 749. The Kier molecular flexibility index (Phi) is 3.71. The molecule has 0 aliphatic heterocycles. The van der Waals surface area contributed by atoms with Crippen LogP contribution in [0.4, 0.5) is 13.2 Å². The van der Waals surface area contributed by atoms with Crippen LogP contribution in [0, 0.1) is 0 Å². The summed E-state index contributed by atoms with van der Waals surface area (Å²) in [4.78, 5) is 24.5. The number of benzene rings is 1. The average molecular weight is 305 g/mol. The second-order valence-corrected chi connectivity index (χ2v) is 4.43. The highest BCUT2D eigenvalue weighted by Gasteiger charge is 2.32. The van der Waals surface area contributed by atoms with E-state index in [1.807, 2.05) is 4.98 Å². The molecule has 0 spiro atoms. The fourth-order valence-corrected chi connectivity index (χ4v) is 1.88. The number of nitrogens with zero attached hydrogens (tertiary/aromatic N) is 1. The number of nitrogens with one attached hydrogen (secondary N) is 1. The van der Waals surface area contributed by atoms with E-state index >= 15 is 0 Å². The van der Waals surface area contributed by atoms with Crippen molar-refractivity contribution in [1.29, 1.82) is 0 Å². The van der Waals surface area contributed by atoms with E-state index in [0.29, 0.717) is 0 Å². The Balaban J connectivity index is 2.49. The summed E-state index contributed by atoms with van der Waals surface area (Å²) < 4.78 is 39.4. The molecule has 0 unspecified atom stereocenters. The molecule has 0 amide bonds. The van der Waals surface area contributed by atoms with Crippen LogP contribution < -0.4 is 11.2 Å². The molecule has 20 heavy (non-hydrogen) atoms. The fourth-order valence-electron chi connectivity index (χ4n) is 1.72. The van der Waals surface area contributed by atoms with E-state index in [0.717, 1.165) is 16.8 Å². The zero-order valence-corrected chi connectivity index (χ0v) is 10.6. The third-order valence-corrected chi connectivity index (χ3v) is 2.90. The number of H-pyrrole nitrogens is 1. The maximum atomic E-state index is 12.8. The van der Waals surface area contributed by atoms with Gasteiger partial charge in [-0.2, -0.15) is 13.2 Å². The largest absolute Gasteiger partial charge is 0.416 e. The molecule has 0 saturated carbocycles. The first-order valence-corrected chi connectivity index (χ1v) is 5.81. The highest BCUT2D eigenvalue weighted by atomic mass is 35.5. The van der Waals surface area contributed by atoms with Crippen LogP contribution in [-0.4, -0.2) is 9.55 Å². The maximum Gasteiger partial charge on any atom is 0.416 e. The van der Waals surface area contributed by atoms with Crippen LogP contribution in [0.2, 0.25) is 5.02 Å². The summed E-state index contributed by atoms with van der Waals surface area (Å²) in [5, 5.41) is -0.269. The number of rotatable bonds is 2. The quantitative estimate of drug-likeness (QED) is 0.925. The summed E-state index contributed by atoms with van der Waals surface area (Å²) in [7, 11) is 0. The lowest BCUT2D eigenvalue weighted by molar-refractivity contribution is -0.138. The summed E-state index contributed by atoms with van der Waals surface area (Å²) in [6.07, 6.45) is -3.51.